The molecule has 0 aliphatic carbocycles. The first-order valence-corrected chi connectivity index (χ1v) is 5.09. The van der Waals surface area contributed by atoms with Gasteiger partial charge >= 0.3 is 0 Å². The van der Waals surface area contributed by atoms with Crippen LogP contribution in [0.3, 0.4) is 0 Å². The van der Waals surface area contributed by atoms with Gasteiger partial charge in [-0.15, -0.1) is 0 Å². The van der Waals surface area contributed by atoms with Gasteiger partial charge in [-0.25, -0.2) is 0 Å². The maximum absolute atomic E-state index is 5.56. The molecule has 0 heterocycles. The summed E-state index contributed by atoms with van der Waals surface area (Å²) in [6.45, 7) is 1.97. The van der Waals surface area contributed by atoms with E-state index in [0.717, 1.165) is 13.0 Å². The van der Waals surface area contributed by atoms with Gasteiger partial charge in [-0.2, -0.15) is 0 Å². The van der Waals surface area contributed by atoms with Crippen LogP contribution in [0, 0.1) is 0 Å². The van der Waals surface area contributed by atoms with Crippen molar-refractivity contribution in [1.82, 2.24) is 9.80 Å². The van der Waals surface area contributed by atoms with E-state index in [4.69, 9.17) is 5.73 Å². The van der Waals surface area contributed by atoms with E-state index >= 15 is 0 Å². The largest absolute Gasteiger partial charge is 0.330 e. The number of hydrogen-bond acceptors (Lipinski definition) is 3. The highest BCUT2D eigenvalue weighted by molar-refractivity contribution is 4.67. The molecule has 3 heteroatoms. The molecule has 0 saturated carbocycles. The van der Waals surface area contributed by atoms with Crippen LogP contribution in [-0.4, -0.2) is 57.1 Å². The summed E-state index contributed by atoms with van der Waals surface area (Å²) in [5.74, 6) is 0. The normalized spacial score (nSPS) is 14.1. The van der Waals surface area contributed by atoms with Gasteiger partial charge in [0.2, 0.25) is 0 Å². The predicted octanol–water partition coefficient (Wildman–Crippen LogP) is 0.607. The van der Waals surface area contributed by atoms with E-state index < -0.39 is 0 Å². The van der Waals surface area contributed by atoms with Crippen LogP contribution in [0.15, 0.2) is 0 Å². The highest BCUT2D eigenvalue weighted by Crippen LogP contribution is 2.07. The summed E-state index contributed by atoms with van der Waals surface area (Å²) in [6, 6.07) is 0.657. The first-order valence-electron chi connectivity index (χ1n) is 5.09. The molecule has 80 valence electrons. The smallest absolute Gasteiger partial charge is 0.0102 e. The summed E-state index contributed by atoms with van der Waals surface area (Å²) in [7, 11) is 8.51. The van der Waals surface area contributed by atoms with Gasteiger partial charge in [-0.1, -0.05) is 0 Å². The molecule has 13 heavy (non-hydrogen) atoms. The lowest BCUT2D eigenvalue weighted by atomic mass is 10.1. The zero-order valence-electron chi connectivity index (χ0n) is 9.58. The van der Waals surface area contributed by atoms with Crippen molar-refractivity contribution in [3.8, 4) is 0 Å². The average molecular weight is 187 g/mol. The van der Waals surface area contributed by atoms with Crippen LogP contribution in [0.2, 0.25) is 0 Å². The third kappa shape index (κ3) is 6.99. The Balaban J connectivity index is 3.57. The second-order valence-corrected chi connectivity index (χ2v) is 4.14. The van der Waals surface area contributed by atoms with Gasteiger partial charge in [0.25, 0.3) is 0 Å². The van der Waals surface area contributed by atoms with Crippen molar-refractivity contribution in [2.75, 3.05) is 41.3 Å². The maximum atomic E-state index is 5.56. The molecular weight excluding hydrogens is 162 g/mol. The fourth-order valence-electron chi connectivity index (χ4n) is 1.50. The standard InChI is InChI=1S/C10H25N3/c1-12(2)9-5-6-10(7-8-11)13(3)4/h10H,5-9,11H2,1-4H3. The van der Waals surface area contributed by atoms with Gasteiger partial charge in [0.05, 0.1) is 0 Å². The van der Waals surface area contributed by atoms with Gasteiger partial charge in [-0.05, 0) is 60.5 Å². The molecular formula is C10H25N3. The van der Waals surface area contributed by atoms with Gasteiger partial charge < -0.3 is 15.5 Å². The Morgan fingerprint density at radius 1 is 1.08 bits per heavy atom. The summed E-state index contributed by atoms with van der Waals surface area (Å²) < 4.78 is 0. The van der Waals surface area contributed by atoms with Crippen LogP contribution in [-0.2, 0) is 0 Å². The zero-order chi connectivity index (χ0) is 10.3. The molecule has 0 rings (SSSR count). The average Bonchev–Trinajstić information content (AvgIpc) is 2.02. The third-order valence-corrected chi connectivity index (χ3v) is 2.37. The molecule has 0 spiro atoms. The predicted molar refractivity (Wildman–Crippen MR) is 58.9 cm³/mol. The molecule has 0 aliphatic rings. The first-order chi connectivity index (χ1) is 6.07. The van der Waals surface area contributed by atoms with Crippen LogP contribution in [0.1, 0.15) is 19.3 Å². The van der Waals surface area contributed by atoms with Crippen LogP contribution >= 0.6 is 0 Å². The quantitative estimate of drug-likeness (QED) is 0.634. The molecule has 0 bridgehead atoms. The van der Waals surface area contributed by atoms with E-state index in [1.807, 2.05) is 0 Å². The zero-order valence-corrected chi connectivity index (χ0v) is 9.58. The second-order valence-electron chi connectivity index (χ2n) is 4.14. The monoisotopic (exact) mass is 187 g/mol. The van der Waals surface area contributed by atoms with Crippen molar-refractivity contribution >= 4 is 0 Å². The molecule has 0 amide bonds. The number of nitrogens with two attached hydrogens (primary N) is 1. The van der Waals surface area contributed by atoms with E-state index in [0.29, 0.717) is 6.04 Å². The van der Waals surface area contributed by atoms with Crippen molar-refractivity contribution in [2.24, 2.45) is 5.73 Å². The second kappa shape index (κ2) is 7.30. The molecule has 0 aromatic rings. The van der Waals surface area contributed by atoms with E-state index in [9.17, 15) is 0 Å². The highest BCUT2D eigenvalue weighted by atomic mass is 15.1. The Morgan fingerprint density at radius 3 is 2.08 bits per heavy atom. The Labute approximate surface area is 82.9 Å². The molecule has 0 aromatic heterocycles. The molecule has 1 unspecified atom stereocenters. The Morgan fingerprint density at radius 2 is 1.69 bits per heavy atom. The Kier molecular flexibility index (Phi) is 7.23. The Hall–Kier alpha value is -0.120. The maximum Gasteiger partial charge on any atom is 0.0102 e. The fourth-order valence-corrected chi connectivity index (χ4v) is 1.50. The molecule has 0 fully saturated rings. The molecule has 0 aromatic carbocycles. The minimum atomic E-state index is 0.657. The topological polar surface area (TPSA) is 32.5 Å². The van der Waals surface area contributed by atoms with Gasteiger partial charge in [0, 0.05) is 6.04 Å². The minimum Gasteiger partial charge on any atom is -0.330 e. The lowest BCUT2D eigenvalue weighted by molar-refractivity contribution is 0.252. The van der Waals surface area contributed by atoms with Crippen LogP contribution in [0.4, 0.5) is 0 Å². The SMILES string of the molecule is CN(C)CCCC(CCN)N(C)C. The molecule has 3 nitrogen and oxygen atoms in total. The summed E-state index contributed by atoms with van der Waals surface area (Å²) in [5.41, 5.74) is 5.56. The van der Waals surface area contributed by atoms with E-state index in [2.05, 4.69) is 38.0 Å². The third-order valence-electron chi connectivity index (χ3n) is 2.37. The van der Waals surface area contributed by atoms with E-state index in [1.54, 1.807) is 0 Å². The highest BCUT2D eigenvalue weighted by Gasteiger charge is 2.09. The molecule has 0 aliphatic heterocycles. The number of rotatable bonds is 7. The fraction of sp³-hybridized carbons (Fsp3) is 1.00. The van der Waals surface area contributed by atoms with Crippen molar-refractivity contribution < 1.29 is 0 Å². The molecule has 1 atom stereocenters. The van der Waals surface area contributed by atoms with Crippen molar-refractivity contribution in [2.45, 2.75) is 25.3 Å². The Bertz CT molecular complexity index is 113. The van der Waals surface area contributed by atoms with Gasteiger partial charge in [0.15, 0.2) is 0 Å². The first kappa shape index (κ1) is 12.9. The molecule has 0 radical (unpaired) electrons. The van der Waals surface area contributed by atoms with Crippen molar-refractivity contribution in [1.29, 1.82) is 0 Å². The van der Waals surface area contributed by atoms with E-state index in [1.165, 1.54) is 19.4 Å². The van der Waals surface area contributed by atoms with Crippen LogP contribution < -0.4 is 5.73 Å². The van der Waals surface area contributed by atoms with Crippen LogP contribution in [0.25, 0.3) is 0 Å². The summed E-state index contributed by atoms with van der Waals surface area (Å²) in [4.78, 5) is 4.51. The molecule has 0 saturated heterocycles. The lowest BCUT2D eigenvalue weighted by Crippen LogP contribution is -2.31. The van der Waals surface area contributed by atoms with Gasteiger partial charge in [0.1, 0.15) is 0 Å². The van der Waals surface area contributed by atoms with Crippen molar-refractivity contribution in [3.05, 3.63) is 0 Å². The number of nitrogens with zero attached hydrogens (tertiary/aromatic N) is 2. The number of hydrogen-bond donors (Lipinski definition) is 1. The van der Waals surface area contributed by atoms with Crippen LogP contribution in [0.5, 0.6) is 0 Å². The summed E-state index contributed by atoms with van der Waals surface area (Å²) in [6.07, 6.45) is 3.62. The summed E-state index contributed by atoms with van der Waals surface area (Å²) in [5, 5.41) is 0. The molecule has 2 N–H and O–H groups in total. The van der Waals surface area contributed by atoms with Crippen molar-refractivity contribution in [3.63, 3.8) is 0 Å². The van der Waals surface area contributed by atoms with Gasteiger partial charge in [-0.3, -0.25) is 0 Å². The van der Waals surface area contributed by atoms with E-state index in [-0.39, 0.29) is 0 Å². The minimum absolute atomic E-state index is 0.657. The lowest BCUT2D eigenvalue weighted by Gasteiger charge is -2.24. The summed E-state index contributed by atoms with van der Waals surface area (Å²) >= 11 is 0.